The van der Waals surface area contributed by atoms with Gasteiger partial charge in [-0.15, -0.1) is 0 Å². The zero-order valence-corrected chi connectivity index (χ0v) is 14.8. The summed E-state index contributed by atoms with van der Waals surface area (Å²) in [6.45, 7) is 8.01. The molecule has 4 nitrogen and oxygen atoms in total. The van der Waals surface area contributed by atoms with Crippen LogP contribution in [-0.2, 0) is 26.7 Å². The van der Waals surface area contributed by atoms with E-state index in [1.807, 2.05) is 13.8 Å². The van der Waals surface area contributed by atoms with Crippen LogP contribution in [0.4, 0.5) is 0 Å². The van der Waals surface area contributed by atoms with Gasteiger partial charge in [0.2, 0.25) is 0 Å². The Morgan fingerprint density at radius 2 is 1.05 bits per heavy atom. The Hall–Kier alpha value is -0.541. The first-order valence-electron chi connectivity index (χ1n) is 7.89. The summed E-state index contributed by atoms with van der Waals surface area (Å²) in [5, 5.41) is 17.2. The molecular formula is C16H32CuO4+. The first-order chi connectivity index (χ1) is 9.44. The summed E-state index contributed by atoms with van der Waals surface area (Å²) in [5.41, 5.74) is 0. The summed E-state index contributed by atoms with van der Waals surface area (Å²) in [7, 11) is 0. The average Bonchev–Trinajstić information content (AvgIpc) is 2.40. The van der Waals surface area contributed by atoms with E-state index in [0.717, 1.165) is 51.4 Å². The molecule has 2 atom stereocenters. The second kappa shape index (κ2) is 17.5. The molecule has 0 aliphatic carbocycles. The summed E-state index contributed by atoms with van der Waals surface area (Å²) >= 11 is 0. The number of hydrogen-bond donors (Lipinski definition) is 2. The van der Waals surface area contributed by atoms with E-state index in [0.29, 0.717) is 0 Å². The van der Waals surface area contributed by atoms with Crippen molar-refractivity contribution in [2.45, 2.75) is 79.1 Å². The van der Waals surface area contributed by atoms with Crippen LogP contribution >= 0.6 is 0 Å². The molecule has 5 heteroatoms. The minimum absolute atomic E-state index is 0. The summed E-state index contributed by atoms with van der Waals surface area (Å²) < 4.78 is 0. The van der Waals surface area contributed by atoms with Crippen molar-refractivity contribution in [3.05, 3.63) is 0 Å². The number of carboxylic acid groups (broad SMARTS) is 2. The number of aliphatic carboxylic acids is 2. The summed E-state index contributed by atoms with van der Waals surface area (Å²) in [4.78, 5) is 20.9. The Morgan fingerprint density at radius 3 is 1.19 bits per heavy atom. The average molecular weight is 352 g/mol. The van der Waals surface area contributed by atoms with Crippen LogP contribution in [0.5, 0.6) is 0 Å². The van der Waals surface area contributed by atoms with Crippen LogP contribution < -0.4 is 0 Å². The van der Waals surface area contributed by atoms with Gasteiger partial charge in [-0.3, -0.25) is 9.59 Å². The third-order valence-corrected chi connectivity index (χ3v) is 3.50. The molecule has 0 amide bonds. The molecule has 0 aliphatic heterocycles. The molecule has 0 spiro atoms. The first-order valence-corrected chi connectivity index (χ1v) is 7.89. The Kier molecular flexibility index (Phi) is 21.2. The Morgan fingerprint density at radius 1 is 0.762 bits per heavy atom. The summed E-state index contributed by atoms with van der Waals surface area (Å²) in [6.07, 6.45) is 7.43. The van der Waals surface area contributed by atoms with E-state index in [1.165, 1.54) is 0 Å². The van der Waals surface area contributed by atoms with E-state index in [4.69, 9.17) is 10.2 Å². The molecule has 0 saturated heterocycles. The summed E-state index contributed by atoms with van der Waals surface area (Å²) in [5.74, 6) is -1.51. The van der Waals surface area contributed by atoms with Crippen LogP contribution in [0.2, 0.25) is 0 Å². The number of hydrogen-bond acceptors (Lipinski definition) is 2. The number of rotatable bonds is 10. The van der Waals surface area contributed by atoms with Gasteiger partial charge in [0.25, 0.3) is 0 Å². The molecule has 0 aromatic heterocycles. The second-order valence-corrected chi connectivity index (χ2v) is 5.17. The standard InChI is InChI=1S/2C8H16O2.Cu/c2*1-3-5-6-7(4-2)8(9)10;/h2*7H,3-6H2,1-2H3,(H,9,10);/q;;+1. The minimum Gasteiger partial charge on any atom is -0.481 e. The van der Waals surface area contributed by atoms with E-state index >= 15 is 0 Å². The van der Waals surface area contributed by atoms with Gasteiger partial charge in [0.1, 0.15) is 0 Å². The van der Waals surface area contributed by atoms with E-state index < -0.39 is 11.9 Å². The topological polar surface area (TPSA) is 74.6 Å². The quantitative estimate of drug-likeness (QED) is 0.565. The maximum absolute atomic E-state index is 10.4. The van der Waals surface area contributed by atoms with Crippen molar-refractivity contribution in [1.29, 1.82) is 0 Å². The molecule has 21 heavy (non-hydrogen) atoms. The molecule has 2 unspecified atom stereocenters. The van der Waals surface area contributed by atoms with Crippen molar-refractivity contribution < 1.29 is 36.9 Å². The van der Waals surface area contributed by atoms with Gasteiger partial charge in [-0.05, 0) is 25.7 Å². The van der Waals surface area contributed by atoms with E-state index in [1.54, 1.807) is 0 Å². The molecule has 0 aromatic carbocycles. The SMILES string of the molecule is CCCCC(CC)C(=O)O.CCCCC(CC)C(=O)O.[Cu+]. The van der Waals surface area contributed by atoms with Crippen molar-refractivity contribution in [2.75, 3.05) is 0 Å². The molecule has 0 fully saturated rings. The Balaban J connectivity index is -0.000000295. The smallest absolute Gasteiger partial charge is 0.481 e. The van der Waals surface area contributed by atoms with Gasteiger partial charge >= 0.3 is 29.0 Å². The van der Waals surface area contributed by atoms with Gasteiger partial charge in [-0.1, -0.05) is 53.4 Å². The normalized spacial score (nSPS) is 12.4. The van der Waals surface area contributed by atoms with Crippen molar-refractivity contribution in [1.82, 2.24) is 0 Å². The van der Waals surface area contributed by atoms with Crippen molar-refractivity contribution in [3.8, 4) is 0 Å². The molecule has 0 aliphatic rings. The largest absolute Gasteiger partial charge is 1.00 e. The molecule has 0 aromatic rings. The predicted molar refractivity (Wildman–Crippen MR) is 81.9 cm³/mol. The maximum atomic E-state index is 10.4. The van der Waals surface area contributed by atoms with Crippen LogP contribution in [0, 0.1) is 11.8 Å². The van der Waals surface area contributed by atoms with Crippen molar-refractivity contribution in [2.24, 2.45) is 11.8 Å². The molecule has 130 valence electrons. The number of unbranched alkanes of at least 4 members (excludes halogenated alkanes) is 2. The molecule has 0 saturated carbocycles. The molecule has 2 N–H and O–H groups in total. The van der Waals surface area contributed by atoms with Gasteiger partial charge in [0.05, 0.1) is 11.8 Å². The van der Waals surface area contributed by atoms with Gasteiger partial charge in [-0.2, -0.15) is 0 Å². The maximum Gasteiger partial charge on any atom is 1.00 e. The fourth-order valence-corrected chi connectivity index (χ4v) is 1.91. The van der Waals surface area contributed by atoms with E-state index in [2.05, 4.69) is 13.8 Å². The van der Waals surface area contributed by atoms with Gasteiger partial charge in [0.15, 0.2) is 0 Å². The van der Waals surface area contributed by atoms with Crippen LogP contribution in [-0.4, -0.2) is 22.2 Å². The van der Waals surface area contributed by atoms with Crippen LogP contribution in [0.1, 0.15) is 79.1 Å². The zero-order valence-electron chi connectivity index (χ0n) is 13.8. The fourth-order valence-electron chi connectivity index (χ4n) is 1.91. The summed E-state index contributed by atoms with van der Waals surface area (Å²) in [6, 6.07) is 0. The fraction of sp³-hybridized carbons (Fsp3) is 0.875. The molecule has 0 bridgehead atoms. The van der Waals surface area contributed by atoms with Crippen molar-refractivity contribution >= 4 is 11.9 Å². The molecule has 0 radical (unpaired) electrons. The molecule has 0 rings (SSSR count). The van der Waals surface area contributed by atoms with Gasteiger partial charge in [0, 0.05) is 0 Å². The second-order valence-electron chi connectivity index (χ2n) is 5.17. The van der Waals surface area contributed by atoms with Crippen LogP contribution in [0.25, 0.3) is 0 Å². The van der Waals surface area contributed by atoms with Crippen molar-refractivity contribution in [3.63, 3.8) is 0 Å². The molecular weight excluding hydrogens is 320 g/mol. The minimum atomic E-state index is -0.643. The third kappa shape index (κ3) is 15.7. The van der Waals surface area contributed by atoms with Crippen LogP contribution in [0.15, 0.2) is 0 Å². The third-order valence-electron chi connectivity index (χ3n) is 3.50. The molecule has 0 heterocycles. The van der Waals surface area contributed by atoms with E-state index in [-0.39, 0.29) is 28.9 Å². The van der Waals surface area contributed by atoms with Crippen LogP contribution in [0.3, 0.4) is 0 Å². The number of carboxylic acids is 2. The Labute approximate surface area is 140 Å². The predicted octanol–water partition coefficient (Wildman–Crippen LogP) is 4.57. The number of carbonyl (C=O) groups is 2. The van der Waals surface area contributed by atoms with E-state index in [9.17, 15) is 9.59 Å². The van der Waals surface area contributed by atoms with Gasteiger partial charge in [-0.25, -0.2) is 0 Å². The monoisotopic (exact) mass is 351 g/mol. The zero-order chi connectivity index (χ0) is 16.0. The Bertz CT molecular complexity index is 231. The van der Waals surface area contributed by atoms with Gasteiger partial charge < -0.3 is 10.2 Å². The first kappa shape index (κ1) is 25.4.